The van der Waals surface area contributed by atoms with Crippen LogP contribution in [0, 0.1) is 17.0 Å². The third kappa shape index (κ3) is 4.14. The Labute approximate surface area is 142 Å². The average molecular weight is 347 g/mol. The van der Waals surface area contributed by atoms with Gasteiger partial charge in [0, 0.05) is 17.7 Å². The summed E-state index contributed by atoms with van der Waals surface area (Å²) in [6.45, 7) is 1.08. The van der Waals surface area contributed by atoms with E-state index < -0.39 is 16.4 Å². The van der Waals surface area contributed by atoms with Crippen molar-refractivity contribution < 1.29 is 19.2 Å². The topological polar surface area (TPSA) is 113 Å². The zero-order chi connectivity index (χ0) is 18.6. The van der Waals surface area contributed by atoms with Gasteiger partial charge >= 0.3 is 0 Å². The summed E-state index contributed by atoms with van der Waals surface area (Å²) >= 11 is 0. The molecule has 0 saturated carbocycles. The third-order valence-electron chi connectivity index (χ3n) is 3.46. The van der Waals surface area contributed by atoms with Gasteiger partial charge in [0.05, 0.1) is 31.0 Å². The van der Waals surface area contributed by atoms with Crippen LogP contribution in [0.15, 0.2) is 35.3 Å². The van der Waals surface area contributed by atoms with E-state index in [0.717, 1.165) is 10.8 Å². The Kier molecular flexibility index (Phi) is 5.38. The standard InChI is InChI=1S/C16H17N3O6/c1-10-6-11(19(22)23)8-18(16(10)21)9-15(20)17-13-7-12(24-2)4-5-14(13)25-3/h4-8H,9H2,1-3H3,(H,17,20). The van der Waals surface area contributed by atoms with E-state index in [1.165, 1.54) is 27.2 Å². The molecule has 9 nitrogen and oxygen atoms in total. The molecule has 2 rings (SSSR count). The molecule has 0 spiro atoms. The molecule has 0 atom stereocenters. The Morgan fingerprint density at radius 2 is 2.00 bits per heavy atom. The number of carbonyl (C=O) groups is 1. The minimum Gasteiger partial charge on any atom is -0.497 e. The number of nitrogens with zero attached hydrogens (tertiary/aromatic N) is 2. The van der Waals surface area contributed by atoms with Crippen LogP contribution in [0.25, 0.3) is 0 Å². The molecule has 2 aromatic rings. The molecule has 1 aromatic heterocycles. The van der Waals surface area contributed by atoms with E-state index in [1.807, 2.05) is 0 Å². The van der Waals surface area contributed by atoms with Gasteiger partial charge < -0.3 is 14.8 Å². The van der Waals surface area contributed by atoms with Crippen LogP contribution in [0.5, 0.6) is 11.5 Å². The Morgan fingerprint density at radius 1 is 1.28 bits per heavy atom. The molecule has 0 saturated heterocycles. The van der Waals surface area contributed by atoms with Crippen molar-refractivity contribution in [2.45, 2.75) is 13.5 Å². The number of ether oxygens (including phenoxy) is 2. The lowest BCUT2D eigenvalue weighted by molar-refractivity contribution is -0.385. The van der Waals surface area contributed by atoms with Gasteiger partial charge in [-0.05, 0) is 19.1 Å². The summed E-state index contributed by atoms with van der Waals surface area (Å²) in [4.78, 5) is 34.6. The molecule has 1 heterocycles. The summed E-state index contributed by atoms with van der Waals surface area (Å²) in [5.41, 5.74) is -0.190. The lowest BCUT2D eigenvalue weighted by Gasteiger charge is -2.12. The molecule has 0 bridgehead atoms. The maximum Gasteiger partial charge on any atom is 0.286 e. The highest BCUT2D eigenvalue weighted by atomic mass is 16.6. The van der Waals surface area contributed by atoms with E-state index >= 15 is 0 Å². The maximum absolute atomic E-state index is 12.3. The average Bonchev–Trinajstić information content (AvgIpc) is 2.58. The molecular weight excluding hydrogens is 330 g/mol. The molecule has 0 radical (unpaired) electrons. The molecule has 0 aliphatic carbocycles. The Bertz CT molecular complexity index is 875. The number of anilines is 1. The second kappa shape index (κ2) is 7.47. The maximum atomic E-state index is 12.3. The second-order valence-electron chi connectivity index (χ2n) is 5.19. The van der Waals surface area contributed by atoms with Gasteiger partial charge in [0.2, 0.25) is 5.91 Å². The van der Waals surface area contributed by atoms with Crippen LogP contribution in [0.2, 0.25) is 0 Å². The van der Waals surface area contributed by atoms with Crippen molar-refractivity contribution in [2.75, 3.05) is 19.5 Å². The summed E-state index contributed by atoms with van der Waals surface area (Å²) in [6, 6.07) is 6.03. The van der Waals surface area contributed by atoms with Crippen LogP contribution in [0.3, 0.4) is 0 Å². The SMILES string of the molecule is COc1ccc(OC)c(NC(=O)Cn2cc([N+](=O)[O-])cc(C)c2=O)c1. The van der Waals surface area contributed by atoms with Crippen molar-refractivity contribution >= 4 is 17.3 Å². The van der Waals surface area contributed by atoms with Gasteiger partial charge in [-0.3, -0.25) is 24.3 Å². The largest absolute Gasteiger partial charge is 0.497 e. The summed E-state index contributed by atoms with van der Waals surface area (Å²) < 4.78 is 11.3. The second-order valence-corrected chi connectivity index (χ2v) is 5.19. The zero-order valence-electron chi connectivity index (χ0n) is 13.9. The predicted octanol–water partition coefficient (Wildman–Crippen LogP) is 1.72. The van der Waals surface area contributed by atoms with Gasteiger partial charge in [-0.15, -0.1) is 0 Å². The first-order valence-electron chi connectivity index (χ1n) is 7.23. The zero-order valence-corrected chi connectivity index (χ0v) is 13.9. The molecule has 0 fully saturated rings. The molecule has 0 unspecified atom stereocenters. The van der Waals surface area contributed by atoms with Crippen molar-refractivity contribution in [3.63, 3.8) is 0 Å². The fraction of sp³-hybridized carbons (Fsp3) is 0.250. The monoisotopic (exact) mass is 347 g/mol. The first-order chi connectivity index (χ1) is 11.8. The van der Waals surface area contributed by atoms with Gasteiger partial charge in [0.15, 0.2) is 0 Å². The van der Waals surface area contributed by atoms with Gasteiger partial charge in [-0.1, -0.05) is 0 Å². The first-order valence-corrected chi connectivity index (χ1v) is 7.23. The van der Waals surface area contributed by atoms with E-state index in [1.54, 1.807) is 18.2 Å². The van der Waals surface area contributed by atoms with E-state index in [2.05, 4.69) is 5.32 Å². The van der Waals surface area contributed by atoms with Gasteiger partial charge in [0.25, 0.3) is 11.2 Å². The van der Waals surface area contributed by atoms with Crippen LogP contribution >= 0.6 is 0 Å². The van der Waals surface area contributed by atoms with E-state index in [0.29, 0.717) is 17.2 Å². The smallest absolute Gasteiger partial charge is 0.286 e. The number of carbonyl (C=O) groups excluding carboxylic acids is 1. The number of hydrogen-bond acceptors (Lipinski definition) is 6. The number of aromatic nitrogens is 1. The van der Waals surface area contributed by atoms with Crippen molar-refractivity contribution in [3.8, 4) is 11.5 Å². The van der Waals surface area contributed by atoms with E-state index in [4.69, 9.17) is 9.47 Å². The Morgan fingerprint density at radius 3 is 2.60 bits per heavy atom. The Balaban J connectivity index is 2.27. The van der Waals surface area contributed by atoms with Gasteiger partial charge in [0.1, 0.15) is 18.0 Å². The summed E-state index contributed by atoms with van der Waals surface area (Å²) in [5.74, 6) is 0.393. The fourth-order valence-corrected chi connectivity index (χ4v) is 2.24. The molecular formula is C16H17N3O6. The van der Waals surface area contributed by atoms with Gasteiger partial charge in [-0.2, -0.15) is 0 Å². The van der Waals surface area contributed by atoms with Crippen LogP contribution in [-0.4, -0.2) is 29.6 Å². The first kappa shape index (κ1) is 18.0. The molecule has 1 amide bonds. The number of nitro groups is 1. The van der Waals surface area contributed by atoms with Crippen molar-refractivity contribution in [1.29, 1.82) is 0 Å². The van der Waals surface area contributed by atoms with Crippen LogP contribution in [0.4, 0.5) is 11.4 Å². The molecule has 9 heteroatoms. The van der Waals surface area contributed by atoms with Crippen LogP contribution < -0.4 is 20.3 Å². The number of methoxy groups -OCH3 is 2. The van der Waals surface area contributed by atoms with E-state index in [-0.39, 0.29) is 17.8 Å². The summed E-state index contributed by atoms with van der Waals surface area (Å²) in [5, 5.41) is 13.5. The number of nitrogens with one attached hydrogen (secondary N) is 1. The minimum absolute atomic E-state index is 0.181. The number of benzene rings is 1. The van der Waals surface area contributed by atoms with Crippen molar-refractivity contribution in [1.82, 2.24) is 4.57 Å². The summed E-state index contributed by atoms with van der Waals surface area (Å²) in [7, 11) is 2.94. The molecule has 1 N–H and O–H groups in total. The van der Waals surface area contributed by atoms with Crippen LogP contribution in [0.1, 0.15) is 5.56 Å². The lowest BCUT2D eigenvalue weighted by Crippen LogP contribution is -2.28. The quantitative estimate of drug-likeness (QED) is 0.629. The van der Waals surface area contributed by atoms with Crippen LogP contribution in [-0.2, 0) is 11.3 Å². The highest BCUT2D eigenvalue weighted by Gasteiger charge is 2.15. The number of pyridine rings is 1. The van der Waals surface area contributed by atoms with Crippen molar-refractivity contribution in [2.24, 2.45) is 0 Å². The normalized spacial score (nSPS) is 10.2. The fourth-order valence-electron chi connectivity index (χ4n) is 2.24. The summed E-state index contributed by atoms with van der Waals surface area (Å²) in [6.07, 6.45) is 1.04. The predicted molar refractivity (Wildman–Crippen MR) is 90.3 cm³/mol. The molecule has 132 valence electrons. The molecule has 25 heavy (non-hydrogen) atoms. The molecule has 0 aliphatic heterocycles. The highest BCUT2D eigenvalue weighted by Crippen LogP contribution is 2.28. The number of rotatable bonds is 6. The lowest BCUT2D eigenvalue weighted by atomic mass is 10.2. The van der Waals surface area contributed by atoms with Crippen molar-refractivity contribution in [3.05, 3.63) is 56.5 Å². The van der Waals surface area contributed by atoms with E-state index in [9.17, 15) is 19.7 Å². The third-order valence-corrected chi connectivity index (χ3v) is 3.46. The molecule has 0 aliphatic rings. The number of amides is 1. The number of aryl methyl sites for hydroxylation is 1. The number of hydrogen-bond donors (Lipinski definition) is 1. The minimum atomic E-state index is -0.619. The highest BCUT2D eigenvalue weighted by molar-refractivity contribution is 5.92. The Hall–Kier alpha value is -3.36. The molecule has 1 aromatic carbocycles. The van der Waals surface area contributed by atoms with Gasteiger partial charge in [-0.25, -0.2) is 0 Å².